The lowest BCUT2D eigenvalue weighted by Crippen LogP contribution is -2.49. The van der Waals surface area contributed by atoms with Crippen molar-refractivity contribution in [3.63, 3.8) is 0 Å². The van der Waals surface area contributed by atoms with Crippen molar-refractivity contribution in [2.75, 3.05) is 32.0 Å². The molecule has 11 heteroatoms. The van der Waals surface area contributed by atoms with Crippen molar-refractivity contribution in [2.45, 2.75) is 26.1 Å². The van der Waals surface area contributed by atoms with Gasteiger partial charge in [-0.1, -0.05) is 34.8 Å². The van der Waals surface area contributed by atoms with Gasteiger partial charge in [0.2, 0.25) is 10.0 Å². The molecule has 1 heterocycles. The second-order valence-corrected chi connectivity index (χ2v) is 9.54. The highest BCUT2D eigenvalue weighted by atomic mass is 35.5. The molecule has 1 aromatic carbocycles. The van der Waals surface area contributed by atoms with Crippen LogP contribution in [0.15, 0.2) is 12.1 Å². The van der Waals surface area contributed by atoms with Crippen LogP contribution in [0, 0.1) is 0 Å². The first-order valence-electron chi connectivity index (χ1n) is 8.26. The summed E-state index contributed by atoms with van der Waals surface area (Å²) in [6.07, 6.45) is -0.329. The Morgan fingerprint density at radius 1 is 1.19 bits per heavy atom. The van der Waals surface area contributed by atoms with Crippen LogP contribution >= 0.6 is 34.8 Å². The molecule has 1 aliphatic heterocycles. The summed E-state index contributed by atoms with van der Waals surface area (Å²) < 4.78 is 37.0. The van der Waals surface area contributed by atoms with Crippen LogP contribution in [0.25, 0.3) is 0 Å². The van der Waals surface area contributed by atoms with Crippen molar-refractivity contribution in [3.05, 3.63) is 27.2 Å². The Morgan fingerprint density at radius 2 is 1.78 bits per heavy atom. The van der Waals surface area contributed by atoms with Gasteiger partial charge in [0.05, 0.1) is 33.0 Å². The molecule has 0 saturated carbocycles. The second kappa shape index (κ2) is 9.62. The third-order valence-corrected chi connectivity index (χ3v) is 6.62. The molecule has 1 aromatic rings. The number of nitrogens with one attached hydrogen (secondary N) is 1. The number of ether oxygens (including phenoxy) is 2. The number of hydrogen-bond donors (Lipinski definition) is 1. The molecule has 0 aromatic heterocycles. The van der Waals surface area contributed by atoms with Gasteiger partial charge in [0.1, 0.15) is 5.75 Å². The molecule has 2 atom stereocenters. The smallest absolute Gasteiger partial charge is 0.257 e. The molecular weight excluding hydrogens is 439 g/mol. The molecule has 1 aliphatic rings. The predicted octanol–water partition coefficient (Wildman–Crippen LogP) is 2.58. The molecular formula is C16H21Cl3N2O5S. The Labute approximate surface area is 173 Å². The standard InChI is InChI=1S/C16H21Cl3N2O5S/c1-10-7-21(8-11(2)26-10)27(23,24)4-3-20-16(22)9-25-15-6-13(18)12(17)5-14(15)19/h5-6,10-11H,3-4,7-9H2,1-2H3,(H,20,22). The molecule has 1 saturated heterocycles. The number of carbonyl (C=O) groups excluding carboxylic acids is 1. The van der Waals surface area contributed by atoms with Crippen LogP contribution in [0.3, 0.4) is 0 Å². The zero-order valence-corrected chi connectivity index (χ0v) is 18.0. The zero-order valence-electron chi connectivity index (χ0n) is 14.9. The normalized spacial score (nSPS) is 21.1. The van der Waals surface area contributed by atoms with Gasteiger partial charge in [0.25, 0.3) is 5.91 Å². The van der Waals surface area contributed by atoms with E-state index in [2.05, 4.69) is 5.32 Å². The third-order valence-electron chi connectivity index (χ3n) is 3.80. The maximum atomic E-state index is 12.4. The van der Waals surface area contributed by atoms with Gasteiger partial charge in [0.15, 0.2) is 6.61 Å². The van der Waals surface area contributed by atoms with Crippen LogP contribution in [0.4, 0.5) is 0 Å². The van der Waals surface area contributed by atoms with E-state index in [4.69, 9.17) is 44.3 Å². The Bertz CT molecular complexity index is 781. The molecule has 2 unspecified atom stereocenters. The minimum atomic E-state index is -3.48. The van der Waals surface area contributed by atoms with E-state index < -0.39 is 15.9 Å². The van der Waals surface area contributed by atoms with Gasteiger partial charge >= 0.3 is 0 Å². The fourth-order valence-corrected chi connectivity index (χ4v) is 4.70. The molecule has 27 heavy (non-hydrogen) atoms. The quantitative estimate of drug-likeness (QED) is 0.634. The highest BCUT2D eigenvalue weighted by molar-refractivity contribution is 7.89. The van der Waals surface area contributed by atoms with Crippen molar-refractivity contribution >= 4 is 50.7 Å². The number of nitrogens with zero attached hydrogens (tertiary/aromatic N) is 1. The average molecular weight is 460 g/mol. The van der Waals surface area contributed by atoms with Gasteiger partial charge in [-0.15, -0.1) is 0 Å². The summed E-state index contributed by atoms with van der Waals surface area (Å²) in [7, 11) is -3.48. The predicted molar refractivity (Wildman–Crippen MR) is 105 cm³/mol. The van der Waals surface area contributed by atoms with Gasteiger partial charge < -0.3 is 14.8 Å². The van der Waals surface area contributed by atoms with E-state index in [0.717, 1.165) is 0 Å². The van der Waals surface area contributed by atoms with Crippen molar-refractivity contribution in [1.82, 2.24) is 9.62 Å². The van der Waals surface area contributed by atoms with Gasteiger partial charge in [0, 0.05) is 25.7 Å². The van der Waals surface area contributed by atoms with Crippen molar-refractivity contribution in [1.29, 1.82) is 0 Å². The van der Waals surface area contributed by atoms with Crippen LogP contribution in [0.2, 0.25) is 15.1 Å². The molecule has 0 radical (unpaired) electrons. The molecule has 7 nitrogen and oxygen atoms in total. The first kappa shape index (κ1) is 22.5. The SMILES string of the molecule is CC1CN(S(=O)(=O)CCNC(=O)COc2cc(Cl)c(Cl)cc2Cl)CC(C)O1. The zero-order chi connectivity index (χ0) is 20.2. The van der Waals surface area contributed by atoms with Crippen molar-refractivity contribution < 1.29 is 22.7 Å². The lowest BCUT2D eigenvalue weighted by Gasteiger charge is -2.34. The summed E-state index contributed by atoms with van der Waals surface area (Å²) in [5.41, 5.74) is 0. The topological polar surface area (TPSA) is 84.9 Å². The van der Waals surface area contributed by atoms with E-state index in [1.807, 2.05) is 13.8 Å². The Hall–Kier alpha value is -0.770. The molecule has 2 rings (SSSR count). The molecule has 0 bridgehead atoms. The number of halogens is 3. The van der Waals surface area contributed by atoms with Crippen LogP contribution in [0.5, 0.6) is 5.75 Å². The largest absolute Gasteiger partial charge is 0.482 e. The fraction of sp³-hybridized carbons (Fsp3) is 0.562. The average Bonchev–Trinajstić information content (AvgIpc) is 2.56. The molecule has 0 spiro atoms. The summed E-state index contributed by atoms with van der Waals surface area (Å²) in [4.78, 5) is 11.9. The minimum absolute atomic E-state index is 0.0280. The number of carbonyl (C=O) groups is 1. The third kappa shape index (κ3) is 6.66. The monoisotopic (exact) mass is 458 g/mol. The van der Waals surface area contributed by atoms with Crippen molar-refractivity contribution in [3.8, 4) is 5.75 Å². The number of morpholine rings is 1. The Kier molecular flexibility index (Phi) is 8.03. The maximum absolute atomic E-state index is 12.4. The van der Waals surface area contributed by atoms with Crippen molar-refractivity contribution in [2.24, 2.45) is 0 Å². The highest BCUT2D eigenvalue weighted by Crippen LogP contribution is 2.33. The molecule has 152 valence electrons. The van der Waals surface area contributed by atoms with Crippen LogP contribution in [0.1, 0.15) is 13.8 Å². The number of benzene rings is 1. The maximum Gasteiger partial charge on any atom is 0.257 e. The number of amides is 1. The molecule has 1 fully saturated rings. The lowest BCUT2D eigenvalue weighted by atomic mass is 10.3. The first-order valence-corrected chi connectivity index (χ1v) is 11.0. The van der Waals surface area contributed by atoms with Gasteiger partial charge in [-0.25, -0.2) is 8.42 Å². The van der Waals surface area contributed by atoms with Crippen LogP contribution < -0.4 is 10.1 Å². The minimum Gasteiger partial charge on any atom is -0.482 e. The molecule has 1 N–H and O–H groups in total. The van der Waals surface area contributed by atoms with Gasteiger partial charge in [-0.05, 0) is 19.9 Å². The van der Waals surface area contributed by atoms with Crippen LogP contribution in [-0.2, 0) is 19.6 Å². The van der Waals surface area contributed by atoms with E-state index in [9.17, 15) is 13.2 Å². The first-order chi connectivity index (χ1) is 12.6. The fourth-order valence-electron chi connectivity index (χ4n) is 2.62. The Morgan fingerprint density at radius 3 is 2.41 bits per heavy atom. The van der Waals surface area contributed by atoms with E-state index >= 15 is 0 Å². The number of rotatable bonds is 7. The van der Waals surface area contributed by atoms with Crippen LogP contribution in [-0.4, -0.2) is 62.8 Å². The molecule has 0 aliphatic carbocycles. The summed E-state index contributed by atoms with van der Waals surface area (Å²) in [6.45, 7) is 3.90. The molecule has 1 amide bonds. The Balaban J connectivity index is 1.79. The number of hydrogen-bond acceptors (Lipinski definition) is 5. The summed E-state index contributed by atoms with van der Waals surface area (Å²) in [6, 6.07) is 2.82. The van der Waals surface area contributed by atoms with E-state index in [1.165, 1.54) is 16.4 Å². The number of sulfonamides is 1. The van der Waals surface area contributed by atoms with E-state index in [1.54, 1.807) is 0 Å². The van der Waals surface area contributed by atoms with Gasteiger partial charge in [-0.3, -0.25) is 4.79 Å². The van der Waals surface area contributed by atoms with E-state index in [-0.39, 0.29) is 51.9 Å². The van der Waals surface area contributed by atoms with E-state index in [0.29, 0.717) is 13.1 Å². The van der Waals surface area contributed by atoms with Gasteiger partial charge in [-0.2, -0.15) is 4.31 Å². The highest BCUT2D eigenvalue weighted by Gasteiger charge is 2.30. The summed E-state index contributed by atoms with van der Waals surface area (Å²) in [5.74, 6) is -0.465. The summed E-state index contributed by atoms with van der Waals surface area (Å²) in [5, 5.41) is 3.25. The summed E-state index contributed by atoms with van der Waals surface area (Å²) >= 11 is 17.7. The lowest BCUT2D eigenvalue weighted by molar-refractivity contribution is -0.122. The second-order valence-electron chi connectivity index (χ2n) is 6.23.